The molecular weight excluding hydrogens is 370 g/mol. The minimum atomic E-state index is -0.180. The standard InChI is InChI=1S/C21H21N5OS/c1-12(2)17-11-15(14-7-5-6-8-16(14)24-17)20(27)25-21-23-13(3)18(28-21)19-22-9-10-26(19)4/h5-12H,1-4H3,(H,23,25,27). The van der Waals surface area contributed by atoms with Crippen LogP contribution in [-0.4, -0.2) is 25.4 Å². The van der Waals surface area contributed by atoms with Crippen LogP contribution in [0.15, 0.2) is 42.7 Å². The van der Waals surface area contributed by atoms with Crippen LogP contribution in [0.25, 0.3) is 21.6 Å². The number of amides is 1. The van der Waals surface area contributed by atoms with Gasteiger partial charge in [-0.25, -0.2) is 9.97 Å². The Labute approximate surface area is 167 Å². The third-order valence-corrected chi connectivity index (χ3v) is 5.68. The zero-order chi connectivity index (χ0) is 19.8. The van der Waals surface area contributed by atoms with Crippen molar-refractivity contribution in [2.75, 3.05) is 5.32 Å². The summed E-state index contributed by atoms with van der Waals surface area (Å²) in [6.07, 6.45) is 3.65. The van der Waals surface area contributed by atoms with Gasteiger partial charge in [0, 0.05) is 30.5 Å². The lowest BCUT2D eigenvalue weighted by Gasteiger charge is -2.11. The summed E-state index contributed by atoms with van der Waals surface area (Å²) in [5.41, 5.74) is 3.17. The summed E-state index contributed by atoms with van der Waals surface area (Å²) < 4.78 is 1.94. The number of thiazole rings is 1. The van der Waals surface area contributed by atoms with Gasteiger partial charge < -0.3 is 4.57 Å². The number of nitrogens with one attached hydrogen (secondary N) is 1. The first kappa shape index (κ1) is 18.3. The monoisotopic (exact) mass is 391 g/mol. The quantitative estimate of drug-likeness (QED) is 0.543. The molecule has 0 fully saturated rings. The Hall–Kier alpha value is -3.06. The van der Waals surface area contributed by atoms with Crippen LogP contribution in [0, 0.1) is 6.92 Å². The molecule has 7 heteroatoms. The molecule has 0 spiro atoms. The first-order valence-electron chi connectivity index (χ1n) is 9.10. The highest BCUT2D eigenvalue weighted by molar-refractivity contribution is 7.19. The van der Waals surface area contributed by atoms with Crippen molar-refractivity contribution >= 4 is 33.3 Å². The van der Waals surface area contributed by atoms with Gasteiger partial charge in [0.1, 0.15) is 0 Å². The fraction of sp³-hybridized carbons (Fsp3) is 0.238. The van der Waals surface area contributed by atoms with E-state index in [1.165, 1.54) is 11.3 Å². The Bertz CT molecular complexity index is 1170. The number of carbonyl (C=O) groups is 1. The van der Waals surface area contributed by atoms with Crippen LogP contribution in [0.3, 0.4) is 0 Å². The van der Waals surface area contributed by atoms with Gasteiger partial charge in [-0.2, -0.15) is 0 Å². The van der Waals surface area contributed by atoms with Crippen LogP contribution in [0.4, 0.5) is 5.13 Å². The van der Waals surface area contributed by atoms with E-state index in [9.17, 15) is 4.79 Å². The Balaban J connectivity index is 1.71. The Morgan fingerprint density at radius 2 is 2.00 bits per heavy atom. The summed E-state index contributed by atoms with van der Waals surface area (Å²) in [6.45, 7) is 6.07. The molecule has 142 valence electrons. The fourth-order valence-corrected chi connectivity index (χ4v) is 4.09. The summed E-state index contributed by atoms with van der Waals surface area (Å²) in [5.74, 6) is 0.890. The average Bonchev–Trinajstić information content (AvgIpc) is 3.25. The third kappa shape index (κ3) is 3.29. The number of imidazole rings is 1. The van der Waals surface area contributed by atoms with Crippen molar-refractivity contribution in [1.82, 2.24) is 19.5 Å². The van der Waals surface area contributed by atoms with Crippen molar-refractivity contribution in [1.29, 1.82) is 0 Å². The minimum Gasteiger partial charge on any atom is -0.333 e. The molecule has 4 rings (SSSR count). The van der Waals surface area contributed by atoms with Crippen LogP contribution >= 0.6 is 11.3 Å². The zero-order valence-electron chi connectivity index (χ0n) is 16.2. The Morgan fingerprint density at radius 1 is 1.21 bits per heavy atom. The number of rotatable bonds is 4. The maximum Gasteiger partial charge on any atom is 0.258 e. The highest BCUT2D eigenvalue weighted by Crippen LogP contribution is 2.32. The van der Waals surface area contributed by atoms with E-state index in [1.54, 1.807) is 6.20 Å². The highest BCUT2D eigenvalue weighted by Gasteiger charge is 2.18. The average molecular weight is 392 g/mol. The van der Waals surface area contributed by atoms with Crippen molar-refractivity contribution in [2.24, 2.45) is 7.05 Å². The third-order valence-electron chi connectivity index (χ3n) is 4.61. The number of pyridine rings is 1. The molecule has 0 aliphatic rings. The normalized spacial score (nSPS) is 11.3. The predicted molar refractivity (Wildman–Crippen MR) is 113 cm³/mol. The van der Waals surface area contributed by atoms with Crippen molar-refractivity contribution in [3.8, 4) is 10.7 Å². The molecule has 0 radical (unpaired) electrons. The number of aromatic nitrogens is 4. The van der Waals surface area contributed by atoms with Crippen molar-refractivity contribution in [3.05, 3.63) is 59.7 Å². The molecule has 0 aliphatic heterocycles. The maximum atomic E-state index is 13.1. The number of fused-ring (bicyclic) bond motifs is 1. The molecule has 28 heavy (non-hydrogen) atoms. The molecule has 1 amide bonds. The van der Waals surface area contributed by atoms with Crippen LogP contribution in [0.2, 0.25) is 0 Å². The first-order chi connectivity index (χ1) is 13.4. The van der Waals surface area contributed by atoms with Gasteiger partial charge in [-0.3, -0.25) is 15.1 Å². The first-order valence-corrected chi connectivity index (χ1v) is 9.92. The van der Waals surface area contributed by atoms with E-state index < -0.39 is 0 Å². The summed E-state index contributed by atoms with van der Waals surface area (Å²) in [6, 6.07) is 9.59. The van der Waals surface area contributed by atoms with E-state index in [0.29, 0.717) is 10.7 Å². The number of carbonyl (C=O) groups excluding carboxylic acids is 1. The molecular formula is C21H21N5OS. The molecule has 3 heterocycles. The van der Waals surface area contributed by atoms with E-state index >= 15 is 0 Å². The van der Waals surface area contributed by atoms with Gasteiger partial charge >= 0.3 is 0 Å². The van der Waals surface area contributed by atoms with Gasteiger partial charge in [-0.05, 0) is 25.0 Å². The molecule has 6 nitrogen and oxygen atoms in total. The topological polar surface area (TPSA) is 72.7 Å². The second-order valence-electron chi connectivity index (χ2n) is 7.02. The number of hydrogen-bond donors (Lipinski definition) is 1. The lowest BCUT2D eigenvalue weighted by Crippen LogP contribution is -2.13. The van der Waals surface area contributed by atoms with Gasteiger partial charge in [0.25, 0.3) is 5.91 Å². The Kier molecular flexibility index (Phi) is 4.68. The lowest BCUT2D eigenvalue weighted by atomic mass is 10.0. The molecule has 1 N–H and O–H groups in total. The maximum absolute atomic E-state index is 13.1. The molecule has 0 atom stereocenters. The van der Waals surface area contributed by atoms with E-state index in [-0.39, 0.29) is 11.8 Å². The largest absolute Gasteiger partial charge is 0.333 e. The lowest BCUT2D eigenvalue weighted by molar-refractivity contribution is 0.102. The summed E-state index contributed by atoms with van der Waals surface area (Å²) >= 11 is 1.43. The number of aryl methyl sites for hydroxylation is 2. The smallest absolute Gasteiger partial charge is 0.258 e. The van der Waals surface area contributed by atoms with Gasteiger partial charge in [-0.15, -0.1) is 0 Å². The zero-order valence-corrected chi connectivity index (χ0v) is 17.0. The van der Waals surface area contributed by atoms with Gasteiger partial charge in [0.2, 0.25) is 0 Å². The van der Waals surface area contributed by atoms with Gasteiger partial charge in [-0.1, -0.05) is 43.4 Å². The Morgan fingerprint density at radius 3 is 2.71 bits per heavy atom. The van der Waals surface area contributed by atoms with E-state index in [4.69, 9.17) is 0 Å². The second-order valence-corrected chi connectivity index (χ2v) is 8.02. The van der Waals surface area contributed by atoms with Crippen LogP contribution in [0.1, 0.15) is 41.5 Å². The number of hydrogen-bond acceptors (Lipinski definition) is 5. The highest BCUT2D eigenvalue weighted by atomic mass is 32.1. The second kappa shape index (κ2) is 7.16. The van der Waals surface area contributed by atoms with Crippen LogP contribution < -0.4 is 5.32 Å². The van der Waals surface area contributed by atoms with Crippen molar-refractivity contribution < 1.29 is 4.79 Å². The molecule has 0 saturated heterocycles. The molecule has 1 aromatic carbocycles. The van der Waals surface area contributed by atoms with Crippen LogP contribution in [0.5, 0.6) is 0 Å². The molecule has 3 aromatic heterocycles. The van der Waals surface area contributed by atoms with Gasteiger partial charge in [0.15, 0.2) is 11.0 Å². The summed E-state index contributed by atoms with van der Waals surface area (Å²) in [7, 11) is 1.94. The van der Waals surface area contributed by atoms with Crippen molar-refractivity contribution in [2.45, 2.75) is 26.7 Å². The summed E-state index contributed by atoms with van der Waals surface area (Å²) in [5, 5.41) is 4.36. The molecule has 0 bridgehead atoms. The predicted octanol–water partition coefficient (Wildman–Crippen LogP) is 4.78. The number of benzene rings is 1. The molecule has 0 aliphatic carbocycles. The number of anilines is 1. The van der Waals surface area contributed by atoms with Crippen LogP contribution in [-0.2, 0) is 7.05 Å². The van der Waals surface area contributed by atoms with E-state index in [1.807, 2.05) is 55.1 Å². The molecule has 0 saturated carbocycles. The fourth-order valence-electron chi connectivity index (χ4n) is 3.09. The summed E-state index contributed by atoms with van der Waals surface area (Å²) in [4.78, 5) is 27.6. The van der Waals surface area contributed by atoms with E-state index in [2.05, 4.69) is 34.1 Å². The molecule has 0 unspecified atom stereocenters. The van der Waals surface area contributed by atoms with Gasteiger partial charge in [0.05, 0.1) is 21.7 Å². The van der Waals surface area contributed by atoms with Crippen molar-refractivity contribution in [3.63, 3.8) is 0 Å². The number of nitrogens with zero attached hydrogens (tertiary/aromatic N) is 4. The minimum absolute atomic E-state index is 0.180. The molecule has 4 aromatic rings. The number of para-hydroxylation sites is 1. The van der Waals surface area contributed by atoms with E-state index in [0.717, 1.165) is 33.0 Å². The SMILES string of the molecule is Cc1nc(NC(=O)c2cc(C(C)C)nc3ccccc23)sc1-c1nccn1C.